The van der Waals surface area contributed by atoms with Crippen LogP contribution >= 0.6 is 11.6 Å². The summed E-state index contributed by atoms with van der Waals surface area (Å²) in [5.41, 5.74) is 1.36. The number of piperidine rings is 1. The monoisotopic (exact) mass is 430 g/mol. The first-order valence-electron chi connectivity index (χ1n) is 9.50. The molecule has 1 aliphatic heterocycles. The van der Waals surface area contributed by atoms with E-state index in [1.165, 1.54) is 25.6 Å². The normalized spacial score (nSPS) is 14.6. The van der Waals surface area contributed by atoms with Crippen molar-refractivity contribution in [3.63, 3.8) is 0 Å². The molecule has 1 saturated heterocycles. The summed E-state index contributed by atoms with van der Waals surface area (Å²) in [5.74, 6) is 0.770. The average molecular weight is 431 g/mol. The van der Waals surface area contributed by atoms with E-state index < -0.39 is 5.82 Å². The molecular weight excluding hydrogens is 411 g/mol. The number of rotatable bonds is 4. The summed E-state index contributed by atoms with van der Waals surface area (Å²) in [6, 6.07) is 9.98. The number of benzene rings is 2. The molecule has 1 fully saturated rings. The van der Waals surface area contributed by atoms with Crippen LogP contribution in [0.3, 0.4) is 0 Å². The van der Waals surface area contributed by atoms with Gasteiger partial charge in [-0.15, -0.1) is 0 Å². The van der Waals surface area contributed by atoms with E-state index in [0.717, 1.165) is 23.7 Å². The number of hydrogen-bond acceptors (Lipinski definition) is 6. The number of aromatic nitrogens is 2. The molecule has 7 nitrogen and oxygen atoms in total. The Bertz CT molecular complexity index is 1070. The number of halogens is 2. The van der Waals surface area contributed by atoms with Gasteiger partial charge in [-0.2, -0.15) is 0 Å². The number of carbonyl (C=O) groups excluding carboxylic acids is 1. The topological polar surface area (TPSA) is 76.6 Å². The van der Waals surface area contributed by atoms with Gasteiger partial charge in [-0.05, 0) is 36.4 Å². The van der Waals surface area contributed by atoms with E-state index in [-0.39, 0.29) is 17.2 Å². The molecule has 1 aromatic heterocycles. The molecule has 0 spiro atoms. The summed E-state index contributed by atoms with van der Waals surface area (Å²) >= 11 is 5.87. The van der Waals surface area contributed by atoms with Gasteiger partial charge in [0.05, 0.1) is 17.6 Å². The molecule has 1 aliphatic rings. The predicted octanol–water partition coefficient (Wildman–Crippen LogP) is 4.78. The summed E-state index contributed by atoms with van der Waals surface area (Å²) in [6.45, 7) is 1.18. The van der Waals surface area contributed by atoms with Crippen molar-refractivity contribution in [1.82, 2.24) is 14.9 Å². The second-order valence-electron chi connectivity index (χ2n) is 6.93. The predicted molar refractivity (Wildman–Crippen MR) is 112 cm³/mol. The number of nitrogens with one attached hydrogen (secondary N) is 1. The Morgan fingerprint density at radius 3 is 2.73 bits per heavy atom. The van der Waals surface area contributed by atoms with Gasteiger partial charge in [0.15, 0.2) is 0 Å². The lowest BCUT2D eigenvalue weighted by Gasteiger charge is -2.31. The molecule has 0 radical (unpaired) electrons. The molecule has 1 amide bonds. The molecule has 2 heterocycles. The highest BCUT2D eigenvalue weighted by Gasteiger charge is 2.24. The summed E-state index contributed by atoms with van der Waals surface area (Å²) in [7, 11) is 1.38. The van der Waals surface area contributed by atoms with Crippen LogP contribution in [-0.4, -0.2) is 47.3 Å². The third kappa shape index (κ3) is 4.38. The Balaban J connectivity index is 1.51. The van der Waals surface area contributed by atoms with Gasteiger partial charge < -0.3 is 19.7 Å². The van der Waals surface area contributed by atoms with Crippen LogP contribution in [0.5, 0.6) is 5.75 Å². The van der Waals surface area contributed by atoms with E-state index in [9.17, 15) is 9.18 Å². The minimum absolute atomic E-state index is 0.000279. The molecule has 2 aromatic carbocycles. The number of fused-ring (bicyclic) bond motifs is 1. The molecule has 3 aromatic rings. The number of anilines is 2. The molecule has 156 valence electrons. The SMILES string of the molecule is COC(=O)N1CCC(Oc2ccc3ncnc(Nc4ccc(F)c(Cl)c4)c3c2)CC1. The lowest BCUT2D eigenvalue weighted by molar-refractivity contribution is 0.0791. The van der Waals surface area contributed by atoms with Crippen LogP contribution in [0, 0.1) is 5.82 Å². The molecule has 0 unspecified atom stereocenters. The first-order valence-corrected chi connectivity index (χ1v) is 9.87. The highest BCUT2D eigenvalue weighted by molar-refractivity contribution is 6.31. The summed E-state index contributed by atoms with van der Waals surface area (Å²) < 4.78 is 24.3. The fourth-order valence-corrected chi connectivity index (χ4v) is 3.58. The Hall–Kier alpha value is -3.13. The molecule has 0 atom stereocenters. The zero-order chi connectivity index (χ0) is 21.1. The van der Waals surface area contributed by atoms with E-state index in [0.29, 0.717) is 30.3 Å². The Morgan fingerprint density at radius 1 is 1.20 bits per heavy atom. The second kappa shape index (κ2) is 8.71. The van der Waals surface area contributed by atoms with Crippen LogP contribution in [0.2, 0.25) is 5.02 Å². The number of methoxy groups -OCH3 is 1. The summed E-state index contributed by atoms with van der Waals surface area (Å²) in [5, 5.41) is 3.95. The maximum atomic E-state index is 13.4. The lowest BCUT2D eigenvalue weighted by atomic mass is 10.1. The van der Waals surface area contributed by atoms with Crippen molar-refractivity contribution in [3.8, 4) is 5.75 Å². The first-order chi connectivity index (χ1) is 14.5. The summed E-state index contributed by atoms with van der Waals surface area (Å²) in [6.07, 6.45) is 2.59. The largest absolute Gasteiger partial charge is 0.490 e. The van der Waals surface area contributed by atoms with Crippen molar-refractivity contribution in [3.05, 3.63) is 53.6 Å². The minimum atomic E-state index is -0.483. The van der Waals surface area contributed by atoms with Crippen molar-refractivity contribution < 1.29 is 18.7 Å². The van der Waals surface area contributed by atoms with Gasteiger partial charge in [-0.25, -0.2) is 19.2 Å². The lowest BCUT2D eigenvalue weighted by Crippen LogP contribution is -2.41. The Morgan fingerprint density at radius 2 is 2.00 bits per heavy atom. The van der Waals surface area contributed by atoms with E-state index >= 15 is 0 Å². The molecule has 30 heavy (non-hydrogen) atoms. The fraction of sp³-hybridized carbons (Fsp3) is 0.286. The smallest absolute Gasteiger partial charge is 0.409 e. The van der Waals surface area contributed by atoms with Gasteiger partial charge in [0, 0.05) is 37.0 Å². The van der Waals surface area contributed by atoms with Crippen molar-refractivity contribution in [2.75, 3.05) is 25.5 Å². The van der Waals surface area contributed by atoms with Crippen LogP contribution in [0.15, 0.2) is 42.7 Å². The van der Waals surface area contributed by atoms with Crippen LogP contribution < -0.4 is 10.1 Å². The zero-order valence-electron chi connectivity index (χ0n) is 16.3. The van der Waals surface area contributed by atoms with Crippen LogP contribution in [-0.2, 0) is 4.74 Å². The maximum Gasteiger partial charge on any atom is 0.409 e. The number of likely N-dealkylation sites (tertiary alicyclic amines) is 1. The third-order valence-electron chi connectivity index (χ3n) is 4.97. The number of ether oxygens (including phenoxy) is 2. The molecule has 1 N–H and O–H groups in total. The van der Waals surface area contributed by atoms with E-state index in [4.69, 9.17) is 21.1 Å². The zero-order valence-corrected chi connectivity index (χ0v) is 17.0. The molecular formula is C21H20ClFN4O3. The fourth-order valence-electron chi connectivity index (χ4n) is 3.40. The number of amides is 1. The van der Waals surface area contributed by atoms with Gasteiger partial charge >= 0.3 is 6.09 Å². The van der Waals surface area contributed by atoms with Crippen LogP contribution in [0.1, 0.15) is 12.8 Å². The van der Waals surface area contributed by atoms with Gasteiger partial charge in [-0.3, -0.25) is 0 Å². The highest BCUT2D eigenvalue weighted by Crippen LogP contribution is 2.29. The van der Waals surface area contributed by atoms with Crippen LogP contribution in [0.25, 0.3) is 10.9 Å². The maximum absolute atomic E-state index is 13.4. The van der Waals surface area contributed by atoms with Gasteiger partial charge in [-0.1, -0.05) is 11.6 Å². The van der Waals surface area contributed by atoms with Crippen molar-refractivity contribution in [2.45, 2.75) is 18.9 Å². The minimum Gasteiger partial charge on any atom is -0.490 e. The molecule has 0 saturated carbocycles. The van der Waals surface area contributed by atoms with E-state index in [2.05, 4.69) is 15.3 Å². The first kappa shape index (κ1) is 20.2. The molecule has 0 bridgehead atoms. The van der Waals surface area contributed by atoms with Gasteiger partial charge in [0.1, 0.15) is 29.8 Å². The van der Waals surface area contributed by atoms with Crippen molar-refractivity contribution >= 4 is 40.1 Å². The summed E-state index contributed by atoms with van der Waals surface area (Å²) in [4.78, 5) is 21.9. The average Bonchev–Trinajstić information content (AvgIpc) is 2.77. The highest BCUT2D eigenvalue weighted by atomic mass is 35.5. The Kier molecular flexibility index (Phi) is 5.85. The van der Waals surface area contributed by atoms with E-state index in [1.807, 2.05) is 18.2 Å². The Labute approximate surface area is 177 Å². The molecule has 4 rings (SSSR count). The number of nitrogens with zero attached hydrogens (tertiary/aromatic N) is 3. The second-order valence-corrected chi connectivity index (χ2v) is 7.34. The standard InChI is InChI=1S/C21H20ClFN4O3/c1-29-21(28)27-8-6-14(7-9-27)30-15-3-5-19-16(11-15)20(25-12-24-19)26-13-2-4-18(23)17(22)10-13/h2-5,10-12,14H,6-9H2,1H3,(H,24,25,26). The van der Waals surface area contributed by atoms with Crippen LogP contribution in [0.4, 0.5) is 20.7 Å². The quantitative estimate of drug-likeness (QED) is 0.642. The van der Waals surface area contributed by atoms with Gasteiger partial charge in [0.2, 0.25) is 0 Å². The number of hydrogen-bond donors (Lipinski definition) is 1. The number of carbonyl (C=O) groups is 1. The molecule has 9 heteroatoms. The van der Waals surface area contributed by atoms with Crippen molar-refractivity contribution in [1.29, 1.82) is 0 Å². The third-order valence-corrected chi connectivity index (χ3v) is 5.26. The van der Waals surface area contributed by atoms with E-state index in [1.54, 1.807) is 11.0 Å². The van der Waals surface area contributed by atoms with Gasteiger partial charge in [0.25, 0.3) is 0 Å². The molecule has 0 aliphatic carbocycles. The van der Waals surface area contributed by atoms with Crippen molar-refractivity contribution in [2.24, 2.45) is 0 Å².